The highest BCUT2D eigenvalue weighted by Crippen LogP contribution is 2.24. The quantitative estimate of drug-likeness (QED) is 0.485. The van der Waals surface area contributed by atoms with Crippen molar-refractivity contribution < 1.29 is 4.74 Å². The van der Waals surface area contributed by atoms with E-state index >= 15 is 0 Å². The molecule has 3 aromatic rings. The summed E-state index contributed by atoms with van der Waals surface area (Å²) in [5.41, 5.74) is 2.49. The lowest BCUT2D eigenvalue weighted by molar-refractivity contribution is 0.154. The Balaban J connectivity index is 1.30. The van der Waals surface area contributed by atoms with Crippen LogP contribution in [0.5, 0.6) is 5.75 Å². The molecule has 2 heterocycles. The first kappa shape index (κ1) is 22.4. The first-order valence-electron chi connectivity index (χ1n) is 10.9. The minimum Gasteiger partial charge on any atom is -0.494 e. The lowest BCUT2D eigenvalue weighted by Crippen LogP contribution is -2.34. The van der Waals surface area contributed by atoms with Crippen LogP contribution in [0, 0.1) is 17.2 Å². The maximum atomic E-state index is 12.8. The van der Waals surface area contributed by atoms with E-state index in [2.05, 4.69) is 26.9 Å². The highest BCUT2D eigenvalue weighted by atomic mass is 79.9. The van der Waals surface area contributed by atoms with Gasteiger partial charge in [-0.2, -0.15) is 5.26 Å². The van der Waals surface area contributed by atoms with Crippen molar-refractivity contribution in [2.45, 2.75) is 25.8 Å². The molecule has 7 heteroatoms. The molecule has 0 bridgehead atoms. The Labute approximate surface area is 196 Å². The van der Waals surface area contributed by atoms with Crippen molar-refractivity contribution in [3.05, 3.63) is 80.7 Å². The number of nitriles is 1. The number of piperidine rings is 1. The molecule has 1 aliphatic rings. The molecule has 4 rings (SSSR count). The van der Waals surface area contributed by atoms with Gasteiger partial charge in [0.2, 0.25) is 0 Å². The zero-order valence-corrected chi connectivity index (χ0v) is 19.8. The second-order valence-corrected chi connectivity index (χ2v) is 9.02. The molecule has 0 saturated carbocycles. The standard InChI is InChI=1S/C25H27BrN4O2/c1-28-23(24(26)25(31)30(28)21-5-3-2-4-6-21)18-29-14-11-19(12-15-29)13-16-32-22-9-7-20(17-27)8-10-22/h2-10,19H,11-16,18H2,1H3. The molecule has 0 radical (unpaired) electrons. The van der Waals surface area contributed by atoms with Gasteiger partial charge < -0.3 is 4.74 Å². The average Bonchev–Trinajstić information content (AvgIpc) is 3.04. The number of ether oxygens (including phenoxy) is 1. The van der Waals surface area contributed by atoms with Gasteiger partial charge >= 0.3 is 0 Å². The highest BCUT2D eigenvalue weighted by Gasteiger charge is 2.23. The second kappa shape index (κ2) is 10.2. The minimum absolute atomic E-state index is 0.0245. The first-order valence-corrected chi connectivity index (χ1v) is 11.7. The fourth-order valence-electron chi connectivity index (χ4n) is 4.26. The van der Waals surface area contributed by atoms with Crippen LogP contribution >= 0.6 is 15.9 Å². The molecule has 1 fully saturated rings. The number of para-hydroxylation sites is 1. The molecule has 0 unspecified atom stereocenters. The third-order valence-electron chi connectivity index (χ3n) is 6.18. The van der Waals surface area contributed by atoms with Crippen molar-refractivity contribution in [1.82, 2.24) is 14.3 Å². The molecular weight excluding hydrogens is 468 g/mol. The Kier molecular flexibility index (Phi) is 7.13. The van der Waals surface area contributed by atoms with Crippen molar-refractivity contribution in [1.29, 1.82) is 5.26 Å². The number of likely N-dealkylation sites (tertiary alicyclic amines) is 1. The minimum atomic E-state index is -0.0245. The van der Waals surface area contributed by atoms with Gasteiger partial charge in [-0.25, -0.2) is 4.68 Å². The number of hydrogen-bond donors (Lipinski definition) is 0. The van der Waals surface area contributed by atoms with Gasteiger partial charge in [-0.3, -0.25) is 14.4 Å². The van der Waals surface area contributed by atoms with Crippen molar-refractivity contribution in [2.24, 2.45) is 13.0 Å². The first-order chi connectivity index (χ1) is 15.6. The van der Waals surface area contributed by atoms with E-state index in [0.29, 0.717) is 22.6 Å². The molecule has 2 aromatic carbocycles. The van der Waals surface area contributed by atoms with Crippen LogP contribution in [0.1, 0.15) is 30.5 Å². The number of rotatable bonds is 7. The topological polar surface area (TPSA) is 63.2 Å². The Hall–Kier alpha value is -2.82. The van der Waals surface area contributed by atoms with Gasteiger partial charge in [0.05, 0.1) is 29.6 Å². The van der Waals surface area contributed by atoms with E-state index in [9.17, 15) is 4.79 Å². The lowest BCUT2D eigenvalue weighted by Gasteiger charge is -2.32. The van der Waals surface area contributed by atoms with E-state index in [1.165, 1.54) is 0 Å². The summed E-state index contributed by atoms with van der Waals surface area (Å²) in [5, 5.41) is 8.87. The van der Waals surface area contributed by atoms with E-state index in [0.717, 1.165) is 56.0 Å². The summed E-state index contributed by atoms with van der Waals surface area (Å²) in [4.78, 5) is 15.2. The zero-order chi connectivity index (χ0) is 22.5. The van der Waals surface area contributed by atoms with E-state index in [4.69, 9.17) is 10.00 Å². The smallest absolute Gasteiger partial charge is 0.286 e. The summed E-state index contributed by atoms with van der Waals surface area (Å²) in [6.07, 6.45) is 3.28. The molecule has 0 atom stereocenters. The maximum absolute atomic E-state index is 12.8. The third-order valence-corrected chi connectivity index (χ3v) is 6.98. The molecular formula is C25H27BrN4O2. The predicted molar refractivity (Wildman–Crippen MR) is 128 cm³/mol. The molecule has 32 heavy (non-hydrogen) atoms. The third kappa shape index (κ3) is 4.98. The fourth-order valence-corrected chi connectivity index (χ4v) is 4.81. The Morgan fingerprint density at radius 3 is 2.44 bits per heavy atom. The van der Waals surface area contributed by atoms with E-state index in [1.807, 2.05) is 54.2 Å². The van der Waals surface area contributed by atoms with Crippen LogP contribution in [0.4, 0.5) is 0 Å². The summed E-state index contributed by atoms with van der Waals surface area (Å²) in [6.45, 7) is 3.47. The SMILES string of the molecule is Cn1c(CN2CCC(CCOc3ccc(C#N)cc3)CC2)c(Br)c(=O)n1-c1ccccc1. The molecule has 0 aliphatic carbocycles. The van der Waals surface area contributed by atoms with E-state index in [1.54, 1.807) is 16.8 Å². The second-order valence-electron chi connectivity index (χ2n) is 8.23. The van der Waals surface area contributed by atoms with Gasteiger partial charge in [-0.05, 0) is 90.6 Å². The number of benzene rings is 2. The molecule has 0 spiro atoms. The largest absolute Gasteiger partial charge is 0.494 e. The van der Waals surface area contributed by atoms with Gasteiger partial charge in [-0.15, -0.1) is 0 Å². The van der Waals surface area contributed by atoms with Crippen LogP contribution in [0.3, 0.4) is 0 Å². The van der Waals surface area contributed by atoms with Gasteiger partial charge in [-0.1, -0.05) is 18.2 Å². The van der Waals surface area contributed by atoms with Crippen LogP contribution in [0.25, 0.3) is 5.69 Å². The predicted octanol–water partition coefficient (Wildman–Crippen LogP) is 4.49. The van der Waals surface area contributed by atoms with Crippen molar-refractivity contribution in [3.63, 3.8) is 0 Å². The Morgan fingerprint density at radius 1 is 1.09 bits per heavy atom. The molecule has 1 aliphatic heterocycles. The zero-order valence-electron chi connectivity index (χ0n) is 18.2. The monoisotopic (exact) mass is 494 g/mol. The molecule has 6 nitrogen and oxygen atoms in total. The van der Waals surface area contributed by atoms with Crippen LogP contribution in [-0.2, 0) is 13.6 Å². The molecule has 0 N–H and O–H groups in total. The summed E-state index contributed by atoms with van der Waals surface area (Å²) in [7, 11) is 1.95. The lowest BCUT2D eigenvalue weighted by atomic mass is 9.94. The number of aromatic nitrogens is 2. The maximum Gasteiger partial charge on any atom is 0.286 e. The van der Waals surface area contributed by atoms with Crippen LogP contribution < -0.4 is 10.3 Å². The number of hydrogen-bond acceptors (Lipinski definition) is 4. The summed E-state index contributed by atoms with van der Waals surface area (Å²) < 4.78 is 10.2. The summed E-state index contributed by atoms with van der Waals surface area (Å²) >= 11 is 3.54. The summed E-state index contributed by atoms with van der Waals surface area (Å²) in [5.74, 6) is 1.46. The number of nitrogens with zero attached hydrogens (tertiary/aromatic N) is 4. The molecule has 0 amide bonds. The molecule has 166 valence electrons. The van der Waals surface area contributed by atoms with Crippen molar-refractivity contribution in [2.75, 3.05) is 19.7 Å². The molecule has 1 saturated heterocycles. The van der Waals surface area contributed by atoms with Gasteiger partial charge in [0, 0.05) is 13.6 Å². The van der Waals surface area contributed by atoms with E-state index < -0.39 is 0 Å². The summed E-state index contributed by atoms with van der Waals surface area (Å²) in [6, 6.07) is 19.1. The van der Waals surface area contributed by atoms with Gasteiger partial charge in [0.15, 0.2) is 0 Å². The normalized spacial score (nSPS) is 14.9. The van der Waals surface area contributed by atoms with E-state index in [-0.39, 0.29) is 5.56 Å². The fraction of sp³-hybridized carbons (Fsp3) is 0.360. The van der Waals surface area contributed by atoms with Crippen LogP contribution in [0.15, 0.2) is 63.9 Å². The highest BCUT2D eigenvalue weighted by molar-refractivity contribution is 9.10. The van der Waals surface area contributed by atoms with Crippen LogP contribution in [-0.4, -0.2) is 34.0 Å². The van der Waals surface area contributed by atoms with Crippen molar-refractivity contribution in [3.8, 4) is 17.5 Å². The van der Waals surface area contributed by atoms with Crippen molar-refractivity contribution >= 4 is 15.9 Å². The number of halogens is 1. The molecule has 1 aromatic heterocycles. The van der Waals surface area contributed by atoms with Gasteiger partial charge in [0.25, 0.3) is 5.56 Å². The Morgan fingerprint density at radius 2 is 1.78 bits per heavy atom. The van der Waals surface area contributed by atoms with Crippen LogP contribution in [0.2, 0.25) is 0 Å². The average molecular weight is 495 g/mol. The Bertz CT molecular complexity index is 1140. The van der Waals surface area contributed by atoms with Gasteiger partial charge in [0.1, 0.15) is 10.2 Å².